The number of hydroxylamine groups is 2. The number of nitrogens with zero attached hydrogens (tertiary/aromatic N) is 1. The lowest BCUT2D eigenvalue weighted by Crippen LogP contribution is -2.45. The predicted octanol–water partition coefficient (Wildman–Crippen LogP) is 1.07. The van der Waals surface area contributed by atoms with Crippen molar-refractivity contribution in [2.75, 3.05) is 0 Å². The second kappa shape index (κ2) is 4.01. The normalized spacial score (nSPS) is 21.1. The predicted molar refractivity (Wildman–Crippen MR) is 71.3 cm³/mol. The van der Waals surface area contributed by atoms with Gasteiger partial charge in [0.15, 0.2) is 5.78 Å². The summed E-state index contributed by atoms with van der Waals surface area (Å²) in [6, 6.07) is 0.0712. The Labute approximate surface area is 114 Å². The van der Waals surface area contributed by atoms with Gasteiger partial charge in [0.25, 0.3) is 0 Å². The molecule has 0 saturated heterocycles. The highest BCUT2D eigenvalue weighted by Crippen LogP contribution is 2.32. The zero-order valence-corrected chi connectivity index (χ0v) is 10.9. The number of aromatic nitrogens is 1. The van der Waals surface area contributed by atoms with Crippen LogP contribution in [0.5, 0.6) is 0 Å². The Hall–Kier alpha value is -2.47. The molecule has 1 atom stereocenters. The number of aryl methyl sites for hydroxylation is 1. The van der Waals surface area contributed by atoms with Crippen molar-refractivity contribution in [2.45, 2.75) is 19.9 Å². The van der Waals surface area contributed by atoms with Crippen LogP contribution in [0.25, 0.3) is 0 Å². The molecule has 1 N–H and O–H groups in total. The van der Waals surface area contributed by atoms with Crippen molar-refractivity contribution in [1.82, 2.24) is 10.0 Å². The van der Waals surface area contributed by atoms with Crippen molar-refractivity contribution in [3.05, 3.63) is 61.9 Å². The first kappa shape index (κ1) is 12.6. The van der Waals surface area contributed by atoms with Crippen LogP contribution < -0.4 is 5.56 Å². The lowest BCUT2D eigenvalue weighted by Gasteiger charge is -2.41. The Morgan fingerprint density at radius 1 is 1.25 bits per heavy atom. The molecule has 1 aromatic heterocycles. The zero-order valence-electron chi connectivity index (χ0n) is 10.9. The quantitative estimate of drug-likeness (QED) is 0.762. The van der Waals surface area contributed by atoms with E-state index in [0.29, 0.717) is 16.2 Å². The number of allylic oxidation sites excluding steroid dienone is 2. The Balaban J connectivity index is 2.31. The zero-order chi connectivity index (χ0) is 14.6. The summed E-state index contributed by atoms with van der Waals surface area (Å²) in [5.41, 5.74) is 0.850. The molecule has 3 rings (SSSR count). The number of hydrogen-bond donors (Lipinski definition) is 1. The Bertz CT molecular complexity index is 770. The van der Waals surface area contributed by atoms with Crippen LogP contribution in [0.3, 0.4) is 0 Å². The van der Waals surface area contributed by atoms with Gasteiger partial charge in [-0.05, 0) is 37.3 Å². The molecule has 0 saturated carbocycles. The van der Waals surface area contributed by atoms with Crippen LogP contribution in [0.1, 0.15) is 33.3 Å². The SMILES string of the molecule is CC1=CN([O-])C2C(=O)c3[nH]c(=O)cc(C)c3C(=O)C2=C1. The molecule has 1 aliphatic heterocycles. The van der Waals surface area contributed by atoms with Crippen molar-refractivity contribution in [2.24, 2.45) is 0 Å². The van der Waals surface area contributed by atoms with Gasteiger partial charge in [-0.3, -0.25) is 14.4 Å². The Morgan fingerprint density at radius 2 is 1.95 bits per heavy atom. The van der Waals surface area contributed by atoms with Gasteiger partial charge >= 0.3 is 0 Å². The van der Waals surface area contributed by atoms with E-state index in [0.717, 1.165) is 0 Å². The first-order valence-corrected chi connectivity index (χ1v) is 6.08. The van der Waals surface area contributed by atoms with Crippen LogP contribution in [-0.4, -0.2) is 27.7 Å². The first-order chi connectivity index (χ1) is 9.40. The second-order valence-electron chi connectivity index (χ2n) is 5.00. The fraction of sp³-hybridized carbons (Fsp3) is 0.214. The topological polar surface area (TPSA) is 93.3 Å². The first-order valence-electron chi connectivity index (χ1n) is 6.08. The van der Waals surface area contributed by atoms with Gasteiger partial charge in [-0.1, -0.05) is 0 Å². The van der Waals surface area contributed by atoms with Crippen molar-refractivity contribution in [1.29, 1.82) is 0 Å². The van der Waals surface area contributed by atoms with Crippen LogP contribution in [0, 0.1) is 12.1 Å². The number of pyridine rings is 1. The standard InChI is InChI=1S/C14H11N2O4/c1-6-3-8-12(16(20)5-6)14(19)11-10(13(8)18)7(2)4-9(17)15-11/h3-5,12H,1-2H3,(H,15,17)/q-1. The molecule has 0 bridgehead atoms. The van der Waals surface area contributed by atoms with Crippen LogP contribution in [-0.2, 0) is 0 Å². The number of H-pyrrole nitrogens is 1. The molecule has 0 spiro atoms. The van der Waals surface area contributed by atoms with E-state index in [-0.39, 0.29) is 22.6 Å². The number of carbonyl (C=O) groups is 2. The largest absolute Gasteiger partial charge is 0.758 e. The third kappa shape index (κ3) is 1.58. The average Bonchev–Trinajstić information content (AvgIpc) is 2.34. The van der Waals surface area contributed by atoms with E-state index in [1.54, 1.807) is 19.9 Å². The van der Waals surface area contributed by atoms with E-state index in [2.05, 4.69) is 4.98 Å². The monoisotopic (exact) mass is 271 g/mol. The van der Waals surface area contributed by atoms with Crippen LogP contribution in [0.4, 0.5) is 0 Å². The number of Topliss-reactive ketones (excluding diaryl/α,β-unsaturated/α-hetero) is 2. The molecular weight excluding hydrogens is 260 g/mol. The Morgan fingerprint density at radius 3 is 2.65 bits per heavy atom. The summed E-state index contributed by atoms with van der Waals surface area (Å²) in [4.78, 5) is 38.7. The molecule has 6 heteroatoms. The minimum Gasteiger partial charge on any atom is -0.758 e. The number of nitrogens with one attached hydrogen (secondary N) is 1. The van der Waals surface area contributed by atoms with E-state index < -0.39 is 17.4 Å². The fourth-order valence-corrected chi connectivity index (χ4v) is 2.67. The number of aromatic amines is 1. The van der Waals surface area contributed by atoms with E-state index in [9.17, 15) is 19.6 Å². The number of hydrogen-bond acceptors (Lipinski definition) is 5. The molecule has 0 radical (unpaired) electrons. The highest BCUT2D eigenvalue weighted by atomic mass is 16.5. The van der Waals surface area contributed by atoms with Gasteiger partial charge in [0, 0.05) is 11.6 Å². The highest BCUT2D eigenvalue weighted by molar-refractivity contribution is 6.25. The number of carbonyl (C=O) groups excluding carboxylic acids is 2. The minimum absolute atomic E-state index is 0.0732. The maximum Gasteiger partial charge on any atom is 0.248 e. The summed E-state index contributed by atoms with van der Waals surface area (Å²) in [7, 11) is 0. The highest BCUT2D eigenvalue weighted by Gasteiger charge is 2.40. The summed E-state index contributed by atoms with van der Waals surface area (Å²) in [6.07, 6.45) is 2.81. The van der Waals surface area contributed by atoms with Crippen LogP contribution in [0.15, 0.2) is 34.3 Å². The summed E-state index contributed by atoms with van der Waals surface area (Å²) in [5.74, 6) is -0.933. The minimum atomic E-state index is -1.20. The van der Waals surface area contributed by atoms with Crippen LogP contribution in [0.2, 0.25) is 0 Å². The molecular formula is C14H11N2O4-. The lowest BCUT2D eigenvalue weighted by molar-refractivity contribution is 0.0859. The molecule has 20 heavy (non-hydrogen) atoms. The molecule has 102 valence electrons. The average molecular weight is 271 g/mol. The third-order valence-corrected chi connectivity index (χ3v) is 3.49. The smallest absolute Gasteiger partial charge is 0.248 e. The molecule has 1 aromatic rings. The third-order valence-electron chi connectivity index (χ3n) is 3.49. The molecule has 0 aromatic carbocycles. The van der Waals surface area contributed by atoms with Crippen LogP contribution >= 0.6 is 0 Å². The van der Waals surface area contributed by atoms with E-state index >= 15 is 0 Å². The number of rotatable bonds is 0. The summed E-state index contributed by atoms with van der Waals surface area (Å²) in [5, 5.41) is 12.4. The van der Waals surface area contributed by atoms with Crippen molar-refractivity contribution >= 4 is 11.6 Å². The summed E-state index contributed by atoms with van der Waals surface area (Å²) < 4.78 is 0. The summed E-state index contributed by atoms with van der Waals surface area (Å²) in [6.45, 7) is 3.28. The molecule has 2 heterocycles. The molecule has 0 fully saturated rings. The molecule has 1 unspecified atom stereocenters. The molecule has 2 aliphatic rings. The maximum atomic E-state index is 12.5. The van der Waals surface area contributed by atoms with Gasteiger partial charge < -0.3 is 15.3 Å². The van der Waals surface area contributed by atoms with Crippen molar-refractivity contribution < 1.29 is 9.59 Å². The van der Waals surface area contributed by atoms with Gasteiger partial charge in [-0.2, -0.15) is 0 Å². The van der Waals surface area contributed by atoms with E-state index in [1.807, 2.05) is 0 Å². The number of fused-ring (bicyclic) bond motifs is 2. The van der Waals surface area contributed by atoms with E-state index in [1.165, 1.54) is 12.3 Å². The van der Waals surface area contributed by atoms with Gasteiger partial charge in [0.2, 0.25) is 11.3 Å². The van der Waals surface area contributed by atoms with E-state index in [4.69, 9.17) is 0 Å². The number of ketones is 2. The van der Waals surface area contributed by atoms with Gasteiger partial charge in [-0.15, -0.1) is 0 Å². The lowest BCUT2D eigenvalue weighted by atomic mass is 9.81. The maximum absolute atomic E-state index is 12.5. The van der Waals surface area contributed by atoms with Gasteiger partial charge in [-0.25, -0.2) is 0 Å². The van der Waals surface area contributed by atoms with Gasteiger partial charge in [0.1, 0.15) is 6.04 Å². The Kier molecular flexibility index (Phi) is 2.52. The fourth-order valence-electron chi connectivity index (χ4n) is 2.67. The van der Waals surface area contributed by atoms with Crippen molar-refractivity contribution in [3.8, 4) is 0 Å². The molecule has 6 nitrogen and oxygen atoms in total. The summed E-state index contributed by atoms with van der Waals surface area (Å²) >= 11 is 0. The molecule has 1 aliphatic carbocycles. The van der Waals surface area contributed by atoms with Gasteiger partial charge in [0.05, 0.1) is 11.3 Å². The van der Waals surface area contributed by atoms with Crippen molar-refractivity contribution in [3.63, 3.8) is 0 Å². The second-order valence-corrected chi connectivity index (χ2v) is 5.00. The molecule has 0 amide bonds.